The number of amides is 1. The van der Waals surface area contributed by atoms with E-state index in [1.54, 1.807) is 6.08 Å². The van der Waals surface area contributed by atoms with Gasteiger partial charge in [-0.15, -0.1) is 6.58 Å². The first-order valence-electron chi connectivity index (χ1n) is 7.90. The van der Waals surface area contributed by atoms with E-state index in [0.29, 0.717) is 12.5 Å². The lowest BCUT2D eigenvalue weighted by Crippen LogP contribution is -2.44. The van der Waals surface area contributed by atoms with Gasteiger partial charge in [0.2, 0.25) is 5.91 Å². The molecule has 1 aliphatic rings. The quantitative estimate of drug-likeness (QED) is 0.754. The van der Waals surface area contributed by atoms with Crippen LogP contribution in [-0.4, -0.2) is 48.0 Å². The standard InChI is InChI=1S/C17H26N4O/c1-4-9-18-17(22)14(3)21-10-8-15(12-21)11-19-16-7-5-6-13(2)20-16/h4-7,14-15H,1,8-12H2,2-3H3,(H,18,22)(H,19,20)/t14-,15-/m1/s1. The Bertz CT molecular complexity index is 517. The molecule has 22 heavy (non-hydrogen) atoms. The van der Waals surface area contributed by atoms with Crippen molar-refractivity contribution < 1.29 is 4.79 Å². The highest BCUT2D eigenvalue weighted by molar-refractivity contribution is 5.81. The summed E-state index contributed by atoms with van der Waals surface area (Å²) in [5, 5.41) is 6.26. The molecule has 1 aliphatic heterocycles. The number of anilines is 1. The van der Waals surface area contributed by atoms with E-state index < -0.39 is 0 Å². The zero-order chi connectivity index (χ0) is 15.9. The molecule has 5 heteroatoms. The Morgan fingerprint density at radius 2 is 2.41 bits per heavy atom. The largest absolute Gasteiger partial charge is 0.370 e. The van der Waals surface area contributed by atoms with Gasteiger partial charge in [0.25, 0.3) is 0 Å². The normalized spacial score (nSPS) is 19.6. The molecule has 120 valence electrons. The van der Waals surface area contributed by atoms with Gasteiger partial charge in [0.05, 0.1) is 6.04 Å². The zero-order valence-corrected chi connectivity index (χ0v) is 13.5. The minimum absolute atomic E-state index is 0.0776. The molecule has 0 unspecified atom stereocenters. The Hall–Kier alpha value is -1.88. The number of rotatable bonds is 7. The van der Waals surface area contributed by atoms with E-state index in [1.807, 2.05) is 32.0 Å². The van der Waals surface area contributed by atoms with Gasteiger partial charge in [-0.2, -0.15) is 0 Å². The van der Waals surface area contributed by atoms with Crippen LogP contribution in [0.3, 0.4) is 0 Å². The summed E-state index contributed by atoms with van der Waals surface area (Å²) in [6.07, 6.45) is 2.81. The van der Waals surface area contributed by atoms with Crippen molar-refractivity contribution in [3.05, 3.63) is 36.5 Å². The third kappa shape index (κ3) is 4.56. The molecule has 5 nitrogen and oxygen atoms in total. The number of pyridine rings is 1. The number of aromatic nitrogens is 1. The molecule has 2 N–H and O–H groups in total. The minimum atomic E-state index is -0.0814. The van der Waals surface area contributed by atoms with E-state index in [4.69, 9.17) is 0 Å². The number of nitrogens with one attached hydrogen (secondary N) is 2. The van der Waals surface area contributed by atoms with Gasteiger partial charge >= 0.3 is 0 Å². The fourth-order valence-corrected chi connectivity index (χ4v) is 2.76. The summed E-state index contributed by atoms with van der Waals surface area (Å²) in [6.45, 7) is 10.9. The Morgan fingerprint density at radius 1 is 1.59 bits per heavy atom. The fraction of sp³-hybridized carbons (Fsp3) is 0.529. The van der Waals surface area contributed by atoms with Gasteiger partial charge in [0.15, 0.2) is 0 Å². The number of carbonyl (C=O) groups is 1. The van der Waals surface area contributed by atoms with Gasteiger partial charge in [0.1, 0.15) is 5.82 Å². The van der Waals surface area contributed by atoms with Crippen molar-refractivity contribution in [2.24, 2.45) is 5.92 Å². The fourth-order valence-electron chi connectivity index (χ4n) is 2.76. The maximum absolute atomic E-state index is 12.0. The van der Waals surface area contributed by atoms with Gasteiger partial charge in [0, 0.05) is 25.3 Å². The van der Waals surface area contributed by atoms with Gasteiger partial charge in [-0.1, -0.05) is 12.1 Å². The van der Waals surface area contributed by atoms with E-state index >= 15 is 0 Å². The Morgan fingerprint density at radius 3 is 3.14 bits per heavy atom. The second-order valence-electron chi connectivity index (χ2n) is 5.90. The van der Waals surface area contributed by atoms with E-state index in [1.165, 1.54) is 0 Å². The number of nitrogens with zero attached hydrogens (tertiary/aromatic N) is 2. The van der Waals surface area contributed by atoms with Crippen LogP contribution in [0.4, 0.5) is 5.82 Å². The van der Waals surface area contributed by atoms with Crippen LogP contribution in [0.1, 0.15) is 19.0 Å². The highest BCUT2D eigenvalue weighted by Crippen LogP contribution is 2.19. The van der Waals surface area contributed by atoms with E-state index in [-0.39, 0.29) is 11.9 Å². The van der Waals surface area contributed by atoms with Crippen LogP contribution in [0.15, 0.2) is 30.9 Å². The maximum atomic E-state index is 12.0. The number of hydrogen-bond acceptors (Lipinski definition) is 4. The molecule has 1 aromatic heterocycles. The first-order chi connectivity index (χ1) is 10.6. The lowest BCUT2D eigenvalue weighted by molar-refractivity contribution is -0.125. The number of aryl methyl sites for hydroxylation is 1. The van der Waals surface area contributed by atoms with Crippen LogP contribution in [0.2, 0.25) is 0 Å². The molecule has 0 saturated carbocycles. The van der Waals surface area contributed by atoms with Crippen molar-refractivity contribution in [1.29, 1.82) is 0 Å². The first-order valence-corrected chi connectivity index (χ1v) is 7.90. The predicted molar refractivity (Wildman–Crippen MR) is 89.8 cm³/mol. The van der Waals surface area contributed by atoms with Crippen molar-refractivity contribution in [3.8, 4) is 0 Å². The summed E-state index contributed by atoms with van der Waals surface area (Å²) in [7, 11) is 0. The SMILES string of the molecule is C=CCNC(=O)[C@@H](C)N1CC[C@H](CNc2cccc(C)n2)C1. The minimum Gasteiger partial charge on any atom is -0.370 e. The Labute approximate surface area is 132 Å². The molecule has 2 heterocycles. The molecule has 0 spiro atoms. The number of hydrogen-bond donors (Lipinski definition) is 2. The molecule has 1 saturated heterocycles. The van der Waals surface area contributed by atoms with Crippen molar-refractivity contribution in [3.63, 3.8) is 0 Å². The third-order valence-electron chi connectivity index (χ3n) is 4.13. The van der Waals surface area contributed by atoms with Crippen molar-refractivity contribution in [2.75, 3.05) is 31.5 Å². The van der Waals surface area contributed by atoms with Gasteiger partial charge in [-0.05, 0) is 44.9 Å². The van der Waals surface area contributed by atoms with Crippen LogP contribution < -0.4 is 10.6 Å². The van der Waals surface area contributed by atoms with Crippen LogP contribution in [0.25, 0.3) is 0 Å². The van der Waals surface area contributed by atoms with E-state index in [9.17, 15) is 4.79 Å². The molecular weight excluding hydrogens is 276 g/mol. The molecule has 2 atom stereocenters. The highest BCUT2D eigenvalue weighted by Gasteiger charge is 2.29. The highest BCUT2D eigenvalue weighted by atomic mass is 16.2. The lowest BCUT2D eigenvalue weighted by atomic mass is 10.1. The smallest absolute Gasteiger partial charge is 0.237 e. The second kappa shape index (κ2) is 7.94. The third-order valence-corrected chi connectivity index (χ3v) is 4.13. The van der Waals surface area contributed by atoms with Crippen molar-refractivity contribution >= 4 is 11.7 Å². The molecule has 1 amide bonds. The summed E-state index contributed by atoms with van der Waals surface area (Å²) >= 11 is 0. The molecule has 1 fully saturated rings. The average molecular weight is 302 g/mol. The van der Waals surface area contributed by atoms with Gasteiger partial charge in [-0.3, -0.25) is 9.69 Å². The average Bonchev–Trinajstić information content (AvgIpc) is 2.99. The maximum Gasteiger partial charge on any atom is 0.237 e. The van der Waals surface area contributed by atoms with Crippen LogP contribution in [-0.2, 0) is 4.79 Å². The van der Waals surface area contributed by atoms with Crippen molar-refractivity contribution in [2.45, 2.75) is 26.3 Å². The number of likely N-dealkylation sites (tertiary alicyclic amines) is 1. The van der Waals surface area contributed by atoms with E-state index in [2.05, 4.69) is 27.1 Å². The topological polar surface area (TPSA) is 57.3 Å². The predicted octanol–water partition coefficient (Wildman–Crippen LogP) is 1.81. The molecular formula is C17H26N4O. The first kappa shape index (κ1) is 16.5. The second-order valence-corrected chi connectivity index (χ2v) is 5.90. The molecule has 0 bridgehead atoms. The molecule has 0 aliphatic carbocycles. The Balaban J connectivity index is 1.77. The summed E-state index contributed by atoms with van der Waals surface area (Å²) in [6, 6.07) is 5.91. The Kier molecular flexibility index (Phi) is 5.95. The molecule has 2 rings (SSSR count). The van der Waals surface area contributed by atoms with Crippen LogP contribution in [0.5, 0.6) is 0 Å². The molecule has 1 aromatic rings. The summed E-state index contributed by atoms with van der Waals surface area (Å²) in [4.78, 5) is 18.7. The van der Waals surface area contributed by atoms with E-state index in [0.717, 1.165) is 37.6 Å². The summed E-state index contributed by atoms with van der Waals surface area (Å²) in [5.74, 6) is 1.56. The van der Waals surface area contributed by atoms with Crippen LogP contribution >= 0.6 is 0 Å². The molecule has 0 radical (unpaired) electrons. The number of carbonyl (C=O) groups excluding carboxylic acids is 1. The zero-order valence-electron chi connectivity index (χ0n) is 13.5. The summed E-state index contributed by atoms with van der Waals surface area (Å²) < 4.78 is 0. The van der Waals surface area contributed by atoms with Crippen molar-refractivity contribution in [1.82, 2.24) is 15.2 Å². The lowest BCUT2D eigenvalue weighted by Gasteiger charge is -2.23. The van der Waals surface area contributed by atoms with Gasteiger partial charge in [-0.25, -0.2) is 4.98 Å². The summed E-state index contributed by atoms with van der Waals surface area (Å²) in [5.41, 5.74) is 1.02. The van der Waals surface area contributed by atoms with Crippen LogP contribution in [0, 0.1) is 12.8 Å². The van der Waals surface area contributed by atoms with Gasteiger partial charge < -0.3 is 10.6 Å². The molecule has 0 aromatic carbocycles. The monoisotopic (exact) mass is 302 g/mol.